The van der Waals surface area contributed by atoms with Crippen LogP contribution in [0.4, 0.5) is 0 Å². The Labute approximate surface area is 126 Å². The molecule has 0 amide bonds. The molecular formula is C15H14N4O3. The Bertz CT molecular complexity index is 835. The smallest absolute Gasteiger partial charge is 0.325 e. The molecule has 3 aromatic rings. The lowest BCUT2D eigenvalue weighted by atomic mass is 10.1. The van der Waals surface area contributed by atoms with Gasteiger partial charge in [0.2, 0.25) is 5.89 Å². The summed E-state index contributed by atoms with van der Waals surface area (Å²) in [6.45, 7) is 3.50. The van der Waals surface area contributed by atoms with Crippen molar-refractivity contribution in [2.75, 3.05) is 0 Å². The maximum absolute atomic E-state index is 10.9. The lowest BCUT2D eigenvalue weighted by Crippen LogP contribution is -2.11. The zero-order chi connectivity index (χ0) is 15.7. The number of benzene rings is 1. The highest BCUT2D eigenvalue weighted by Crippen LogP contribution is 2.25. The Morgan fingerprint density at radius 3 is 2.73 bits per heavy atom. The highest BCUT2D eigenvalue weighted by Gasteiger charge is 2.17. The van der Waals surface area contributed by atoms with Crippen molar-refractivity contribution in [3.63, 3.8) is 0 Å². The standard InChI is InChI=1S/C15H14N4O3/c1-9-4-3-5-11(6-9)14-16-17-15(22-14)12-7-10(2)18-19(12)8-13(20)21/h3-7H,8H2,1-2H3,(H,20,21). The summed E-state index contributed by atoms with van der Waals surface area (Å²) in [5.41, 5.74) is 3.08. The number of hydrogen-bond acceptors (Lipinski definition) is 5. The van der Waals surface area contributed by atoms with Crippen LogP contribution in [0.25, 0.3) is 23.0 Å². The first-order chi connectivity index (χ1) is 10.5. The van der Waals surface area contributed by atoms with E-state index in [9.17, 15) is 4.79 Å². The molecule has 3 rings (SSSR count). The topological polar surface area (TPSA) is 94.0 Å². The molecule has 0 fully saturated rings. The molecule has 1 N–H and O–H groups in total. The molecule has 0 saturated carbocycles. The molecule has 112 valence electrons. The van der Waals surface area contributed by atoms with E-state index in [0.717, 1.165) is 11.1 Å². The van der Waals surface area contributed by atoms with Crippen molar-refractivity contribution in [1.29, 1.82) is 0 Å². The summed E-state index contributed by atoms with van der Waals surface area (Å²) in [5.74, 6) is -0.347. The number of nitrogens with zero attached hydrogens (tertiary/aromatic N) is 4. The van der Waals surface area contributed by atoms with Gasteiger partial charge in [0.25, 0.3) is 5.89 Å². The van der Waals surface area contributed by atoms with Gasteiger partial charge in [-0.3, -0.25) is 4.79 Å². The Kier molecular flexibility index (Phi) is 3.46. The van der Waals surface area contributed by atoms with Crippen LogP contribution < -0.4 is 0 Å². The summed E-state index contributed by atoms with van der Waals surface area (Å²) >= 11 is 0. The molecule has 0 bridgehead atoms. The molecule has 0 aliphatic rings. The van der Waals surface area contributed by atoms with Crippen molar-refractivity contribution in [2.45, 2.75) is 20.4 Å². The molecule has 0 atom stereocenters. The molecule has 0 unspecified atom stereocenters. The van der Waals surface area contributed by atoms with Gasteiger partial charge in [0.05, 0.1) is 5.69 Å². The summed E-state index contributed by atoms with van der Waals surface area (Å²) in [7, 11) is 0. The van der Waals surface area contributed by atoms with E-state index in [1.54, 1.807) is 13.0 Å². The number of carboxylic acid groups (broad SMARTS) is 1. The van der Waals surface area contributed by atoms with Gasteiger partial charge in [0.1, 0.15) is 12.2 Å². The second-order valence-electron chi connectivity index (χ2n) is 5.00. The Hall–Kier alpha value is -2.96. The summed E-state index contributed by atoms with van der Waals surface area (Å²) in [4.78, 5) is 10.9. The molecule has 22 heavy (non-hydrogen) atoms. The fourth-order valence-electron chi connectivity index (χ4n) is 2.19. The molecule has 1 aromatic carbocycles. The third-order valence-corrected chi connectivity index (χ3v) is 3.10. The van der Waals surface area contributed by atoms with Crippen LogP contribution in [-0.4, -0.2) is 31.1 Å². The largest absolute Gasteiger partial charge is 0.480 e. The van der Waals surface area contributed by atoms with Gasteiger partial charge in [-0.2, -0.15) is 5.10 Å². The predicted molar refractivity (Wildman–Crippen MR) is 78.1 cm³/mol. The molecular weight excluding hydrogens is 284 g/mol. The quantitative estimate of drug-likeness (QED) is 0.794. The molecule has 2 aromatic heterocycles. The molecule has 0 saturated heterocycles. The zero-order valence-corrected chi connectivity index (χ0v) is 12.1. The van der Waals surface area contributed by atoms with Gasteiger partial charge in [-0.15, -0.1) is 10.2 Å². The first kappa shape index (κ1) is 14.0. The highest BCUT2D eigenvalue weighted by molar-refractivity contribution is 5.67. The van der Waals surface area contributed by atoms with Gasteiger partial charge in [-0.25, -0.2) is 4.68 Å². The van der Waals surface area contributed by atoms with Crippen molar-refractivity contribution in [3.8, 4) is 23.0 Å². The predicted octanol–water partition coefficient (Wildman–Crippen LogP) is 2.30. The summed E-state index contributed by atoms with van der Waals surface area (Å²) in [5, 5.41) is 21.1. The van der Waals surface area contributed by atoms with Gasteiger partial charge in [-0.05, 0) is 32.0 Å². The minimum absolute atomic E-state index is 0.248. The number of aryl methyl sites for hydroxylation is 2. The van der Waals surface area contributed by atoms with E-state index in [-0.39, 0.29) is 12.4 Å². The van der Waals surface area contributed by atoms with Gasteiger partial charge in [-0.1, -0.05) is 17.7 Å². The van der Waals surface area contributed by atoms with Crippen LogP contribution in [0.1, 0.15) is 11.3 Å². The molecule has 0 aliphatic heterocycles. The summed E-state index contributed by atoms with van der Waals surface area (Å²) in [6, 6.07) is 9.43. The Morgan fingerprint density at radius 1 is 1.23 bits per heavy atom. The zero-order valence-electron chi connectivity index (χ0n) is 12.1. The lowest BCUT2D eigenvalue weighted by molar-refractivity contribution is -0.137. The summed E-state index contributed by atoms with van der Waals surface area (Å²) in [6.07, 6.45) is 0. The Balaban J connectivity index is 1.99. The maximum atomic E-state index is 10.9. The first-order valence-electron chi connectivity index (χ1n) is 6.70. The lowest BCUT2D eigenvalue weighted by Gasteiger charge is -2.00. The van der Waals surface area contributed by atoms with E-state index in [1.807, 2.05) is 31.2 Å². The molecule has 0 aliphatic carbocycles. The van der Waals surface area contributed by atoms with Crippen LogP contribution in [-0.2, 0) is 11.3 Å². The van der Waals surface area contributed by atoms with Gasteiger partial charge < -0.3 is 9.52 Å². The molecule has 7 nitrogen and oxygen atoms in total. The molecule has 0 radical (unpaired) electrons. The Morgan fingerprint density at radius 2 is 2.00 bits per heavy atom. The molecule has 2 heterocycles. The average Bonchev–Trinajstić information content (AvgIpc) is 3.05. The van der Waals surface area contributed by atoms with Gasteiger partial charge in [0, 0.05) is 5.56 Å². The van der Waals surface area contributed by atoms with Crippen molar-refractivity contribution in [2.24, 2.45) is 0 Å². The van der Waals surface area contributed by atoms with Gasteiger partial charge >= 0.3 is 5.97 Å². The second kappa shape index (κ2) is 5.44. The third kappa shape index (κ3) is 2.73. The normalized spacial score (nSPS) is 10.8. The maximum Gasteiger partial charge on any atom is 0.325 e. The summed E-state index contributed by atoms with van der Waals surface area (Å²) < 4.78 is 7.01. The van der Waals surface area contributed by atoms with E-state index >= 15 is 0 Å². The van der Waals surface area contributed by atoms with Crippen molar-refractivity contribution in [3.05, 3.63) is 41.6 Å². The number of carboxylic acids is 1. The fourth-order valence-corrected chi connectivity index (χ4v) is 2.19. The van der Waals surface area contributed by atoms with Crippen LogP contribution >= 0.6 is 0 Å². The second-order valence-corrected chi connectivity index (χ2v) is 5.00. The number of rotatable bonds is 4. The van der Waals surface area contributed by atoms with Crippen LogP contribution in [0, 0.1) is 13.8 Å². The van der Waals surface area contributed by atoms with Crippen LogP contribution in [0.3, 0.4) is 0 Å². The first-order valence-corrected chi connectivity index (χ1v) is 6.70. The van der Waals surface area contributed by atoms with E-state index in [1.165, 1.54) is 4.68 Å². The number of hydrogen-bond donors (Lipinski definition) is 1. The van der Waals surface area contributed by atoms with E-state index < -0.39 is 5.97 Å². The minimum Gasteiger partial charge on any atom is -0.480 e. The average molecular weight is 298 g/mol. The van der Waals surface area contributed by atoms with E-state index in [0.29, 0.717) is 17.3 Å². The van der Waals surface area contributed by atoms with Crippen molar-refractivity contribution >= 4 is 5.97 Å². The van der Waals surface area contributed by atoms with Crippen molar-refractivity contribution < 1.29 is 14.3 Å². The SMILES string of the molecule is Cc1cccc(-c2nnc(-c3cc(C)nn3CC(=O)O)o2)c1. The highest BCUT2D eigenvalue weighted by atomic mass is 16.4. The van der Waals surface area contributed by atoms with Crippen molar-refractivity contribution in [1.82, 2.24) is 20.0 Å². The fraction of sp³-hybridized carbons (Fsp3) is 0.200. The van der Waals surface area contributed by atoms with E-state index in [4.69, 9.17) is 9.52 Å². The van der Waals surface area contributed by atoms with Crippen LogP contribution in [0.15, 0.2) is 34.7 Å². The van der Waals surface area contributed by atoms with Crippen LogP contribution in [0.2, 0.25) is 0 Å². The van der Waals surface area contributed by atoms with E-state index in [2.05, 4.69) is 15.3 Å². The minimum atomic E-state index is -0.984. The van der Waals surface area contributed by atoms with Crippen LogP contribution in [0.5, 0.6) is 0 Å². The third-order valence-electron chi connectivity index (χ3n) is 3.10. The number of carbonyl (C=O) groups is 1. The van der Waals surface area contributed by atoms with Gasteiger partial charge in [0.15, 0.2) is 0 Å². The number of aliphatic carboxylic acids is 1. The monoisotopic (exact) mass is 298 g/mol. The molecule has 7 heteroatoms. The number of aromatic nitrogens is 4. The molecule has 0 spiro atoms.